The van der Waals surface area contributed by atoms with Crippen LogP contribution in [0, 0.1) is 0 Å². The van der Waals surface area contributed by atoms with E-state index in [1.54, 1.807) is 7.11 Å². The molecule has 1 amide bonds. The number of phenols is 1. The molecule has 3 aliphatic rings. The van der Waals surface area contributed by atoms with Crippen LogP contribution in [-0.2, 0) is 16.6 Å². The van der Waals surface area contributed by atoms with E-state index in [2.05, 4.69) is 15.5 Å². The number of nitrogens with one attached hydrogen (secondary N) is 2. The average molecular weight is 452 g/mol. The molecule has 7 heteroatoms. The molecule has 2 aromatic rings. The van der Waals surface area contributed by atoms with Crippen LogP contribution in [0.5, 0.6) is 11.5 Å². The Hall–Kier alpha value is -2.77. The van der Waals surface area contributed by atoms with Crippen LogP contribution in [0.2, 0.25) is 0 Å². The quantitative estimate of drug-likeness (QED) is 0.559. The van der Waals surface area contributed by atoms with Crippen molar-refractivity contribution in [2.75, 3.05) is 37.5 Å². The first-order chi connectivity index (χ1) is 15.9. The number of rotatable bonds is 5. The van der Waals surface area contributed by atoms with Gasteiger partial charge in [0.25, 0.3) is 0 Å². The second kappa shape index (κ2) is 8.22. The van der Waals surface area contributed by atoms with Gasteiger partial charge in [-0.3, -0.25) is 4.79 Å². The largest absolute Gasteiger partial charge is 0.504 e. The van der Waals surface area contributed by atoms with Crippen LogP contribution >= 0.6 is 0 Å². The van der Waals surface area contributed by atoms with Crippen LogP contribution in [0.4, 0.5) is 11.4 Å². The van der Waals surface area contributed by atoms with E-state index >= 15 is 0 Å². The SMILES string of the molecule is CNCC[C@]12CC(N3CC(=O)Nc4ccccc43)CCC1(O)CCc1ccc(OC)c(O)c12. The molecule has 4 N–H and O–H groups in total. The number of phenolic OH excluding ortho intramolecular Hbond substituents is 1. The van der Waals surface area contributed by atoms with Gasteiger partial charge in [-0.15, -0.1) is 0 Å². The lowest BCUT2D eigenvalue weighted by Gasteiger charge is -2.58. The Balaban J connectivity index is 1.63. The molecule has 33 heavy (non-hydrogen) atoms. The molecule has 1 saturated carbocycles. The third-order valence-electron chi connectivity index (χ3n) is 8.14. The van der Waals surface area contributed by atoms with Crippen LogP contribution in [0.15, 0.2) is 36.4 Å². The molecule has 176 valence electrons. The summed E-state index contributed by atoms with van der Waals surface area (Å²) in [6, 6.07) is 11.8. The van der Waals surface area contributed by atoms with Gasteiger partial charge >= 0.3 is 0 Å². The number of methoxy groups -OCH3 is 1. The number of fused-ring (bicyclic) bond motifs is 4. The van der Waals surface area contributed by atoms with Crippen molar-refractivity contribution in [3.05, 3.63) is 47.5 Å². The van der Waals surface area contributed by atoms with Gasteiger partial charge in [0.2, 0.25) is 5.91 Å². The molecule has 0 aromatic heterocycles. The molecule has 0 spiro atoms. The van der Waals surface area contributed by atoms with Crippen LogP contribution in [0.25, 0.3) is 0 Å². The van der Waals surface area contributed by atoms with Gasteiger partial charge < -0.3 is 30.5 Å². The Morgan fingerprint density at radius 1 is 1.24 bits per heavy atom. The second-order valence-corrected chi connectivity index (χ2v) is 9.71. The summed E-state index contributed by atoms with van der Waals surface area (Å²) < 4.78 is 5.47. The number of aromatic hydroxyl groups is 1. The minimum absolute atomic E-state index is 0.0210. The Morgan fingerprint density at radius 3 is 2.85 bits per heavy atom. The minimum Gasteiger partial charge on any atom is -0.504 e. The normalized spacial score (nSPS) is 28.4. The van der Waals surface area contributed by atoms with Gasteiger partial charge in [-0.05, 0) is 75.9 Å². The highest BCUT2D eigenvalue weighted by Gasteiger charge is 2.59. The van der Waals surface area contributed by atoms with E-state index in [0.717, 1.165) is 35.3 Å². The molecule has 1 aliphatic heterocycles. The summed E-state index contributed by atoms with van der Waals surface area (Å²) in [6.45, 7) is 1.00. The van der Waals surface area contributed by atoms with E-state index in [1.165, 1.54) is 0 Å². The Kier molecular flexibility index (Phi) is 5.49. The van der Waals surface area contributed by atoms with Crippen LogP contribution < -0.4 is 20.3 Å². The molecular formula is C26H33N3O4. The number of carbonyl (C=O) groups excluding carboxylic acids is 1. The molecule has 2 unspecified atom stereocenters. The van der Waals surface area contributed by atoms with Crippen LogP contribution in [-0.4, -0.2) is 55.0 Å². The number of aliphatic hydroxyl groups is 1. The summed E-state index contributed by atoms with van der Waals surface area (Å²) in [4.78, 5) is 14.7. The predicted octanol–water partition coefficient (Wildman–Crippen LogP) is 2.94. The maximum atomic E-state index is 12.5. The summed E-state index contributed by atoms with van der Waals surface area (Å²) in [7, 11) is 3.47. The molecule has 0 radical (unpaired) electrons. The first kappa shape index (κ1) is 22.0. The number of hydrogen-bond acceptors (Lipinski definition) is 6. The highest BCUT2D eigenvalue weighted by Crippen LogP contribution is 2.59. The number of anilines is 2. The lowest BCUT2D eigenvalue weighted by Crippen LogP contribution is -2.62. The lowest BCUT2D eigenvalue weighted by atomic mass is 9.52. The number of ether oxygens (including phenoxy) is 1. The summed E-state index contributed by atoms with van der Waals surface area (Å²) in [5.74, 6) is 0.556. The van der Waals surface area contributed by atoms with Gasteiger partial charge in [0.05, 0.1) is 30.6 Å². The van der Waals surface area contributed by atoms with E-state index in [1.807, 2.05) is 43.4 Å². The third-order valence-corrected chi connectivity index (χ3v) is 8.14. The smallest absolute Gasteiger partial charge is 0.243 e. The summed E-state index contributed by atoms with van der Waals surface area (Å²) in [6.07, 6.45) is 4.15. The Bertz CT molecular complexity index is 1070. The molecular weight excluding hydrogens is 418 g/mol. The fourth-order valence-electron chi connectivity index (χ4n) is 6.55. The first-order valence-electron chi connectivity index (χ1n) is 11.8. The van der Waals surface area contributed by atoms with Gasteiger partial charge in [-0.25, -0.2) is 0 Å². The highest BCUT2D eigenvalue weighted by molar-refractivity contribution is 6.01. The van der Waals surface area contributed by atoms with Crippen LogP contribution in [0.3, 0.4) is 0 Å². The van der Waals surface area contributed by atoms with Gasteiger partial charge in [0.15, 0.2) is 11.5 Å². The number of nitrogens with zero attached hydrogens (tertiary/aromatic N) is 1. The maximum Gasteiger partial charge on any atom is 0.243 e. The highest BCUT2D eigenvalue weighted by atomic mass is 16.5. The fourth-order valence-corrected chi connectivity index (χ4v) is 6.55. The number of hydrogen-bond donors (Lipinski definition) is 4. The van der Waals surface area contributed by atoms with Crippen molar-refractivity contribution < 1.29 is 19.7 Å². The number of benzene rings is 2. The van der Waals surface area contributed by atoms with E-state index < -0.39 is 11.0 Å². The molecule has 2 aliphatic carbocycles. The van der Waals surface area contributed by atoms with E-state index in [0.29, 0.717) is 44.5 Å². The van der Waals surface area contributed by atoms with Crippen molar-refractivity contribution in [3.63, 3.8) is 0 Å². The molecule has 1 heterocycles. The zero-order chi connectivity index (χ0) is 23.2. The zero-order valence-electron chi connectivity index (χ0n) is 19.4. The predicted molar refractivity (Wildman–Crippen MR) is 128 cm³/mol. The van der Waals surface area contributed by atoms with E-state index in [9.17, 15) is 15.0 Å². The Morgan fingerprint density at radius 2 is 2.06 bits per heavy atom. The van der Waals surface area contributed by atoms with E-state index in [-0.39, 0.29) is 17.7 Å². The minimum atomic E-state index is -0.922. The number of carbonyl (C=O) groups is 1. The third kappa shape index (κ3) is 3.37. The number of amides is 1. The van der Waals surface area contributed by atoms with Gasteiger partial charge in [-0.1, -0.05) is 18.2 Å². The molecule has 2 aromatic carbocycles. The van der Waals surface area contributed by atoms with Crippen molar-refractivity contribution in [1.29, 1.82) is 0 Å². The molecule has 1 fully saturated rings. The van der Waals surface area contributed by atoms with Crippen molar-refractivity contribution in [2.45, 2.75) is 55.6 Å². The van der Waals surface area contributed by atoms with Gasteiger partial charge in [-0.2, -0.15) is 0 Å². The molecule has 0 saturated heterocycles. The van der Waals surface area contributed by atoms with Crippen molar-refractivity contribution >= 4 is 17.3 Å². The monoisotopic (exact) mass is 451 g/mol. The number of para-hydroxylation sites is 2. The maximum absolute atomic E-state index is 12.5. The van der Waals surface area contributed by atoms with Crippen molar-refractivity contribution in [2.24, 2.45) is 0 Å². The Labute approximate surface area is 194 Å². The number of aryl methyl sites for hydroxylation is 1. The standard InChI is InChI=1S/C26H33N3O4/c1-27-14-13-25-15-18(29-16-22(30)28-19-5-3-4-6-20(19)29)10-12-26(25,32)11-9-17-7-8-21(33-2)24(31)23(17)25/h3-8,18,27,31-32H,9-16H2,1-2H3,(H,28,30)/t18?,25-,26?/m1/s1. The molecule has 3 atom stereocenters. The summed E-state index contributed by atoms with van der Waals surface area (Å²) in [5.41, 5.74) is 2.18. The zero-order valence-corrected chi connectivity index (χ0v) is 19.4. The van der Waals surface area contributed by atoms with Gasteiger partial charge in [0, 0.05) is 17.0 Å². The topological polar surface area (TPSA) is 94.1 Å². The summed E-state index contributed by atoms with van der Waals surface area (Å²) in [5, 5.41) is 29.6. The second-order valence-electron chi connectivity index (χ2n) is 9.71. The first-order valence-corrected chi connectivity index (χ1v) is 11.8. The molecule has 0 bridgehead atoms. The average Bonchev–Trinajstić information content (AvgIpc) is 2.82. The van der Waals surface area contributed by atoms with Gasteiger partial charge in [0.1, 0.15) is 0 Å². The molecule has 7 nitrogen and oxygen atoms in total. The lowest BCUT2D eigenvalue weighted by molar-refractivity contribution is -0.115. The van der Waals surface area contributed by atoms with Crippen LogP contribution in [0.1, 0.15) is 43.2 Å². The van der Waals surface area contributed by atoms with Crippen molar-refractivity contribution in [1.82, 2.24) is 5.32 Å². The van der Waals surface area contributed by atoms with Crippen molar-refractivity contribution in [3.8, 4) is 11.5 Å². The summed E-state index contributed by atoms with van der Waals surface area (Å²) >= 11 is 0. The van der Waals surface area contributed by atoms with E-state index in [4.69, 9.17) is 4.74 Å². The fraction of sp³-hybridized carbons (Fsp3) is 0.500. The molecule has 5 rings (SSSR count).